The molecule has 2 aliphatic rings. The summed E-state index contributed by atoms with van der Waals surface area (Å²) in [4.78, 5) is 60.0. The number of hydrogen-bond acceptors (Lipinski definition) is 12. The average molecular weight is 598 g/mol. The third-order valence-corrected chi connectivity index (χ3v) is 8.28. The fourth-order valence-electron chi connectivity index (χ4n) is 4.21. The van der Waals surface area contributed by atoms with Crippen LogP contribution in [-0.2, 0) is 30.6 Å². The fourth-order valence-corrected chi connectivity index (χ4v) is 5.98. The summed E-state index contributed by atoms with van der Waals surface area (Å²) in [5.41, 5.74) is 3.59. The van der Waals surface area contributed by atoms with Crippen molar-refractivity contribution in [2.45, 2.75) is 37.4 Å². The van der Waals surface area contributed by atoms with Crippen LogP contribution in [0.4, 0.5) is 5.13 Å². The molecule has 3 aromatic rings. The molecule has 1 saturated heterocycles. The van der Waals surface area contributed by atoms with Crippen LogP contribution >= 0.6 is 23.3 Å². The van der Waals surface area contributed by atoms with Crippen molar-refractivity contribution in [3.8, 4) is 0 Å². The summed E-state index contributed by atoms with van der Waals surface area (Å²) in [5, 5.41) is 29.0. The number of carboxylic acids is 2. The van der Waals surface area contributed by atoms with Crippen molar-refractivity contribution in [1.82, 2.24) is 19.6 Å². The van der Waals surface area contributed by atoms with Crippen LogP contribution in [0.1, 0.15) is 19.7 Å². The highest BCUT2D eigenvalue weighted by molar-refractivity contribution is 8.00. The largest absolute Gasteiger partial charge is 0.543 e. The van der Waals surface area contributed by atoms with E-state index in [0.717, 1.165) is 27.2 Å². The topological polar surface area (TPSA) is 204 Å². The lowest BCUT2D eigenvalue weighted by atomic mass is 10.0. The summed E-state index contributed by atoms with van der Waals surface area (Å²) in [5.74, 6) is -4.39. The Morgan fingerprint density at radius 2 is 2.02 bits per heavy atom. The van der Waals surface area contributed by atoms with Gasteiger partial charge in [0, 0.05) is 34.3 Å². The SMILES string of the molecule is CC(C)(O/N=C(\C(=O)NC1C(=O)N2C(C(=O)[O-])=C(C[n+]3ccc4ccccc4c3)CS[C@H]12)c1nsc(N)n1)C(=O)O. The van der Waals surface area contributed by atoms with E-state index in [-0.39, 0.29) is 29.0 Å². The quantitative estimate of drug-likeness (QED) is 0.121. The van der Waals surface area contributed by atoms with Gasteiger partial charge in [0.2, 0.25) is 17.1 Å². The number of thioether (sulfide) groups is 1. The normalized spacial score (nSPS) is 19.0. The third kappa shape index (κ3) is 5.43. The van der Waals surface area contributed by atoms with Gasteiger partial charge >= 0.3 is 5.97 Å². The number of aromatic nitrogens is 3. The molecule has 2 aliphatic heterocycles. The number of carbonyl (C=O) groups is 4. The monoisotopic (exact) mass is 597 g/mol. The Hall–Kier alpha value is -4.57. The predicted octanol–water partition coefficient (Wildman–Crippen LogP) is -0.751. The molecule has 14 nitrogen and oxygen atoms in total. The summed E-state index contributed by atoms with van der Waals surface area (Å²) >= 11 is 2.06. The molecule has 0 radical (unpaired) electrons. The van der Waals surface area contributed by atoms with E-state index in [4.69, 9.17) is 10.6 Å². The number of nitrogens with two attached hydrogens (primary N) is 1. The van der Waals surface area contributed by atoms with Gasteiger partial charge in [-0.15, -0.1) is 11.8 Å². The number of carboxylic acid groups (broad SMARTS) is 2. The number of nitrogens with zero attached hydrogens (tertiary/aromatic N) is 5. The Balaban J connectivity index is 1.36. The molecule has 4 N–H and O–H groups in total. The number of pyridine rings is 1. The van der Waals surface area contributed by atoms with Gasteiger partial charge in [0.1, 0.15) is 11.4 Å². The maximum absolute atomic E-state index is 13.2. The second-order valence-corrected chi connectivity index (χ2v) is 11.5. The van der Waals surface area contributed by atoms with E-state index in [9.17, 15) is 29.4 Å². The smallest absolute Gasteiger partial charge is 0.350 e. The Kier molecular flexibility index (Phi) is 7.35. The summed E-state index contributed by atoms with van der Waals surface area (Å²) in [6, 6.07) is 8.55. The molecule has 0 bridgehead atoms. The van der Waals surface area contributed by atoms with E-state index in [1.807, 2.05) is 47.3 Å². The lowest BCUT2D eigenvalue weighted by Gasteiger charge is -2.50. The van der Waals surface area contributed by atoms with E-state index >= 15 is 0 Å². The number of nitrogens with one attached hydrogen (secondary N) is 1. The van der Waals surface area contributed by atoms with Crippen LogP contribution in [0.5, 0.6) is 0 Å². The highest BCUT2D eigenvalue weighted by Gasteiger charge is 2.53. The van der Waals surface area contributed by atoms with Crippen molar-refractivity contribution in [1.29, 1.82) is 0 Å². The molecule has 41 heavy (non-hydrogen) atoms. The van der Waals surface area contributed by atoms with Crippen LogP contribution in [-0.4, -0.2) is 71.6 Å². The lowest BCUT2D eigenvalue weighted by Crippen LogP contribution is -2.71. The number of β-lactam (4-membered cyclic amide) rings is 1. The minimum absolute atomic E-state index is 0.0206. The van der Waals surface area contributed by atoms with Gasteiger partial charge in [0.25, 0.3) is 11.8 Å². The van der Waals surface area contributed by atoms with E-state index in [1.54, 1.807) is 0 Å². The zero-order chi connectivity index (χ0) is 29.5. The molecule has 2 aromatic heterocycles. The molecule has 1 fully saturated rings. The number of fused-ring (bicyclic) bond motifs is 2. The average Bonchev–Trinajstić information content (AvgIpc) is 3.36. The predicted molar refractivity (Wildman–Crippen MR) is 145 cm³/mol. The summed E-state index contributed by atoms with van der Waals surface area (Å²) < 4.78 is 5.76. The zero-order valence-electron chi connectivity index (χ0n) is 21.6. The van der Waals surface area contributed by atoms with Crippen molar-refractivity contribution in [3.63, 3.8) is 0 Å². The Bertz CT molecular complexity index is 1650. The molecule has 2 atom stereocenters. The van der Waals surface area contributed by atoms with Gasteiger partial charge in [-0.1, -0.05) is 23.4 Å². The number of nitrogen functional groups attached to an aromatic ring is 1. The molecule has 0 spiro atoms. The van der Waals surface area contributed by atoms with Gasteiger partial charge in [-0.3, -0.25) is 14.5 Å². The molecular weight excluding hydrogens is 574 g/mol. The van der Waals surface area contributed by atoms with Crippen LogP contribution < -0.4 is 20.7 Å². The first-order chi connectivity index (χ1) is 19.5. The number of aliphatic carboxylic acids is 2. The van der Waals surface area contributed by atoms with Crippen molar-refractivity contribution >= 4 is 68.7 Å². The number of benzene rings is 1. The number of oxime groups is 1. The molecule has 2 amide bonds. The van der Waals surface area contributed by atoms with Crippen LogP contribution in [0, 0.1) is 0 Å². The van der Waals surface area contributed by atoms with Crippen LogP contribution in [0.25, 0.3) is 10.8 Å². The van der Waals surface area contributed by atoms with Gasteiger partial charge in [-0.2, -0.15) is 9.36 Å². The Labute approximate surface area is 240 Å². The summed E-state index contributed by atoms with van der Waals surface area (Å²) in [7, 11) is 0. The molecule has 5 rings (SSSR count). The molecule has 16 heteroatoms. The van der Waals surface area contributed by atoms with E-state index < -0.39 is 46.5 Å². The molecule has 4 heterocycles. The first-order valence-electron chi connectivity index (χ1n) is 12.1. The first-order valence-corrected chi connectivity index (χ1v) is 13.9. The maximum Gasteiger partial charge on any atom is 0.350 e. The van der Waals surface area contributed by atoms with Crippen molar-refractivity contribution in [3.05, 3.63) is 59.8 Å². The Morgan fingerprint density at radius 3 is 2.68 bits per heavy atom. The van der Waals surface area contributed by atoms with Crippen molar-refractivity contribution in [2.75, 3.05) is 11.5 Å². The number of anilines is 1. The Morgan fingerprint density at radius 1 is 1.29 bits per heavy atom. The second-order valence-electron chi connectivity index (χ2n) is 9.65. The molecule has 1 aromatic carbocycles. The van der Waals surface area contributed by atoms with Gasteiger partial charge < -0.3 is 30.9 Å². The highest BCUT2D eigenvalue weighted by Crippen LogP contribution is 2.40. The zero-order valence-corrected chi connectivity index (χ0v) is 23.3. The number of rotatable bonds is 9. The van der Waals surface area contributed by atoms with Gasteiger partial charge in [-0.05, 0) is 25.3 Å². The molecule has 212 valence electrons. The van der Waals surface area contributed by atoms with Crippen LogP contribution in [0.15, 0.2) is 59.2 Å². The van der Waals surface area contributed by atoms with Crippen molar-refractivity contribution in [2.24, 2.45) is 5.16 Å². The summed E-state index contributed by atoms with van der Waals surface area (Å²) in [6.07, 6.45) is 3.72. The molecule has 0 aliphatic carbocycles. The van der Waals surface area contributed by atoms with E-state index in [0.29, 0.717) is 5.57 Å². The molecule has 0 saturated carbocycles. The van der Waals surface area contributed by atoms with Crippen LogP contribution in [0.2, 0.25) is 0 Å². The van der Waals surface area contributed by atoms with Crippen molar-refractivity contribution < 1.29 is 38.8 Å². The van der Waals surface area contributed by atoms with Gasteiger partial charge in [0.15, 0.2) is 24.1 Å². The minimum atomic E-state index is -1.79. The molecule has 1 unspecified atom stereocenters. The minimum Gasteiger partial charge on any atom is -0.543 e. The van der Waals surface area contributed by atoms with Crippen LogP contribution in [0.3, 0.4) is 0 Å². The second kappa shape index (κ2) is 10.8. The first kappa shape index (κ1) is 28.0. The third-order valence-electron chi connectivity index (χ3n) is 6.40. The highest BCUT2D eigenvalue weighted by atomic mass is 32.2. The van der Waals surface area contributed by atoms with E-state index in [2.05, 4.69) is 19.8 Å². The van der Waals surface area contributed by atoms with Gasteiger partial charge in [0.05, 0.1) is 11.7 Å². The van der Waals surface area contributed by atoms with Gasteiger partial charge in [-0.25, -0.2) is 9.36 Å². The number of carbonyl (C=O) groups excluding carboxylic acids is 3. The summed E-state index contributed by atoms with van der Waals surface area (Å²) in [6.45, 7) is 2.68. The lowest BCUT2D eigenvalue weighted by molar-refractivity contribution is -0.687. The number of hydrogen-bond donors (Lipinski definition) is 3. The molecular formula is C25H23N7O7S2. The fraction of sp³-hybridized carbons (Fsp3) is 0.280. The van der Waals surface area contributed by atoms with E-state index in [1.165, 1.54) is 25.6 Å². The number of amides is 2. The maximum atomic E-state index is 13.2. The standard InChI is InChI=1S/C25H23N7O7S2/c1-25(2,23(37)38)39-29-15(18-28-24(26)41-30-18)19(33)27-16-20(34)32-17(22(35)36)14(11-40-21(16)32)10-31-8-7-12-5-3-4-6-13(12)9-31/h3-9,16,21H,10-11H2,1-2H3,(H4-,26,27,28,30,33,35,36,37,38)/b29-15-/t16?,21-/m1/s1.